The lowest BCUT2D eigenvalue weighted by atomic mass is 10.2. The topological polar surface area (TPSA) is 93.2 Å². The standard InChI is InChI=1S/C11H14N4O3/c1-18-11(17)8-5-14-9(6-12-8)13-4-7-2-3-10(16)15-7/h5-7H,2-4H2,1H3,(H,13,14)(H,15,16). The molecule has 0 bridgehead atoms. The van der Waals surface area contributed by atoms with Crippen LogP contribution in [-0.4, -0.2) is 41.5 Å². The van der Waals surface area contributed by atoms with Crippen LogP contribution in [0.5, 0.6) is 0 Å². The van der Waals surface area contributed by atoms with Gasteiger partial charge in [-0.1, -0.05) is 0 Å². The Kier molecular flexibility index (Phi) is 3.71. The number of hydrogen-bond donors (Lipinski definition) is 2. The Morgan fingerprint density at radius 2 is 2.39 bits per heavy atom. The van der Waals surface area contributed by atoms with Gasteiger partial charge in [0.25, 0.3) is 0 Å². The third-order valence-corrected chi connectivity index (χ3v) is 2.66. The first-order valence-corrected chi connectivity index (χ1v) is 5.62. The lowest BCUT2D eigenvalue weighted by molar-refractivity contribution is -0.119. The maximum Gasteiger partial charge on any atom is 0.358 e. The van der Waals surface area contributed by atoms with Gasteiger partial charge in [0, 0.05) is 19.0 Å². The fraction of sp³-hybridized carbons (Fsp3) is 0.455. The summed E-state index contributed by atoms with van der Waals surface area (Å²) >= 11 is 0. The van der Waals surface area contributed by atoms with Crippen molar-refractivity contribution in [2.45, 2.75) is 18.9 Å². The second kappa shape index (κ2) is 5.44. The monoisotopic (exact) mass is 250 g/mol. The van der Waals surface area contributed by atoms with Crippen molar-refractivity contribution >= 4 is 17.7 Å². The number of esters is 1. The molecule has 1 fully saturated rings. The molecule has 1 unspecified atom stereocenters. The van der Waals surface area contributed by atoms with Crippen LogP contribution in [0.15, 0.2) is 12.4 Å². The van der Waals surface area contributed by atoms with E-state index >= 15 is 0 Å². The summed E-state index contributed by atoms with van der Waals surface area (Å²) in [5, 5.41) is 5.89. The summed E-state index contributed by atoms with van der Waals surface area (Å²) in [6, 6.07) is 0.125. The summed E-state index contributed by atoms with van der Waals surface area (Å²) in [5.41, 5.74) is 0.164. The molecule has 0 spiro atoms. The van der Waals surface area contributed by atoms with E-state index in [2.05, 4.69) is 25.3 Å². The summed E-state index contributed by atoms with van der Waals surface area (Å²) in [7, 11) is 1.29. The SMILES string of the molecule is COC(=O)c1cnc(NCC2CCC(=O)N2)cn1. The second-order valence-corrected chi connectivity index (χ2v) is 3.96. The molecule has 2 heterocycles. The molecule has 2 N–H and O–H groups in total. The molecule has 1 aliphatic heterocycles. The van der Waals surface area contributed by atoms with Crippen molar-refractivity contribution in [1.82, 2.24) is 15.3 Å². The fourth-order valence-corrected chi connectivity index (χ4v) is 1.69. The average Bonchev–Trinajstić information content (AvgIpc) is 2.82. The molecule has 7 nitrogen and oxygen atoms in total. The van der Waals surface area contributed by atoms with Gasteiger partial charge in [0.2, 0.25) is 5.91 Å². The van der Waals surface area contributed by atoms with Gasteiger partial charge in [0.1, 0.15) is 5.82 Å². The lowest BCUT2D eigenvalue weighted by Crippen LogP contribution is -2.32. The van der Waals surface area contributed by atoms with E-state index in [1.165, 1.54) is 19.5 Å². The van der Waals surface area contributed by atoms with E-state index in [0.717, 1.165) is 6.42 Å². The van der Waals surface area contributed by atoms with Crippen LogP contribution in [0.1, 0.15) is 23.3 Å². The molecular weight excluding hydrogens is 236 g/mol. The molecule has 1 aliphatic rings. The molecule has 0 aliphatic carbocycles. The molecule has 2 rings (SSSR count). The highest BCUT2D eigenvalue weighted by Gasteiger charge is 2.20. The predicted molar refractivity (Wildman–Crippen MR) is 63.0 cm³/mol. The Balaban J connectivity index is 1.86. The summed E-state index contributed by atoms with van der Waals surface area (Å²) < 4.78 is 4.52. The van der Waals surface area contributed by atoms with Gasteiger partial charge in [-0.3, -0.25) is 4.79 Å². The Morgan fingerprint density at radius 1 is 1.56 bits per heavy atom. The van der Waals surface area contributed by atoms with Gasteiger partial charge >= 0.3 is 5.97 Å². The van der Waals surface area contributed by atoms with E-state index in [4.69, 9.17) is 0 Å². The summed E-state index contributed by atoms with van der Waals surface area (Å²) in [5.74, 6) is 0.120. The quantitative estimate of drug-likeness (QED) is 0.728. The predicted octanol–water partition coefficient (Wildman–Crippen LogP) is -0.0463. The van der Waals surface area contributed by atoms with Gasteiger partial charge in [-0.05, 0) is 6.42 Å². The third-order valence-electron chi connectivity index (χ3n) is 2.66. The van der Waals surface area contributed by atoms with E-state index < -0.39 is 5.97 Å². The molecule has 1 aromatic rings. The highest BCUT2D eigenvalue weighted by molar-refractivity contribution is 5.86. The Labute approximate surface area is 104 Å². The molecule has 0 saturated carbocycles. The zero-order valence-corrected chi connectivity index (χ0v) is 9.97. The van der Waals surface area contributed by atoms with Crippen LogP contribution in [0, 0.1) is 0 Å². The first-order chi connectivity index (χ1) is 8.69. The Morgan fingerprint density at radius 3 is 2.94 bits per heavy atom. The maximum absolute atomic E-state index is 11.1. The van der Waals surface area contributed by atoms with Crippen molar-refractivity contribution in [3.8, 4) is 0 Å². The molecule has 18 heavy (non-hydrogen) atoms. The van der Waals surface area contributed by atoms with E-state index in [-0.39, 0.29) is 17.6 Å². The number of ether oxygens (including phenoxy) is 1. The molecule has 96 valence electrons. The van der Waals surface area contributed by atoms with Crippen LogP contribution < -0.4 is 10.6 Å². The Hall–Kier alpha value is -2.18. The van der Waals surface area contributed by atoms with Crippen LogP contribution >= 0.6 is 0 Å². The minimum absolute atomic E-state index is 0.0777. The molecule has 1 saturated heterocycles. The largest absolute Gasteiger partial charge is 0.464 e. The number of amides is 1. The van der Waals surface area contributed by atoms with E-state index in [1.807, 2.05) is 0 Å². The fourth-order valence-electron chi connectivity index (χ4n) is 1.69. The van der Waals surface area contributed by atoms with Crippen molar-refractivity contribution in [2.75, 3.05) is 19.0 Å². The van der Waals surface area contributed by atoms with Crippen LogP contribution in [0.2, 0.25) is 0 Å². The highest BCUT2D eigenvalue weighted by atomic mass is 16.5. The summed E-state index contributed by atoms with van der Waals surface area (Å²) in [4.78, 5) is 30.1. The first-order valence-electron chi connectivity index (χ1n) is 5.62. The lowest BCUT2D eigenvalue weighted by Gasteiger charge is -2.11. The molecule has 1 amide bonds. The number of methoxy groups -OCH3 is 1. The zero-order valence-electron chi connectivity index (χ0n) is 9.97. The number of aromatic nitrogens is 2. The van der Waals surface area contributed by atoms with Crippen LogP contribution in [0.3, 0.4) is 0 Å². The smallest absolute Gasteiger partial charge is 0.358 e. The minimum atomic E-state index is -0.517. The van der Waals surface area contributed by atoms with Crippen molar-refractivity contribution in [3.05, 3.63) is 18.1 Å². The van der Waals surface area contributed by atoms with Crippen LogP contribution in [0.25, 0.3) is 0 Å². The van der Waals surface area contributed by atoms with Crippen molar-refractivity contribution in [3.63, 3.8) is 0 Å². The van der Waals surface area contributed by atoms with Gasteiger partial charge in [0.05, 0.1) is 19.5 Å². The number of rotatable bonds is 4. The van der Waals surface area contributed by atoms with Crippen LogP contribution in [0.4, 0.5) is 5.82 Å². The molecular formula is C11H14N4O3. The normalized spacial score (nSPS) is 18.3. The van der Waals surface area contributed by atoms with Crippen LogP contribution in [-0.2, 0) is 9.53 Å². The number of anilines is 1. The number of hydrogen-bond acceptors (Lipinski definition) is 6. The summed E-state index contributed by atoms with van der Waals surface area (Å²) in [6.45, 7) is 0.595. The summed E-state index contributed by atoms with van der Waals surface area (Å²) in [6.07, 6.45) is 4.20. The van der Waals surface area contributed by atoms with E-state index in [0.29, 0.717) is 18.8 Å². The van der Waals surface area contributed by atoms with Gasteiger partial charge in [-0.15, -0.1) is 0 Å². The van der Waals surface area contributed by atoms with Crippen molar-refractivity contribution < 1.29 is 14.3 Å². The maximum atomic E-state index is 11.1. The number of carbonyl (C=O) groups is 2. The highest BCUT2D eigenvalue weighted by Crippen LogP contribution is 2.08. The molecule has 0 aromatic carbocycles. The molecule has 1 atom stereocenters. The second-order valence-electron chi connectivity index (χ2n) is 3.96. The zero-order chi connectivity index (χ0) is 13.0. The molecule has 0 radical (unpaired) electrons. The van der Waals surface area contributed by atoms with E-state index in [9.17, 15) is 9.59 Å². The van der Waals surface area contributed by atoms with Crippen molar-refractivity contribution in [2.24, 2.45) is 0 Å². The molecule has 1 aromatic heterocycles. The van der Waals surface area contributed by atoms with Gasteiger partial charge in [-0.25, -0.2) is 14.8 Å². The minimum Gasteiger partial charge on any atom is -0.464 e. The first kappa shape index (κ1) is 12.3. The number of nitrogens with one attached hydrogen (secondary N) is 2. The average molecular weight is 250 g/mol. The Bertz CT molecular complexity index is 446. The van der Waals surface area contributed by atoms with Gasteiger partial charge in [-0.2, -0.15) is 0 Å². The number of carbonyl (C=O) groups excluding carboxylic acids is 2. The van der Waals surface area contributed by atoms with Gasteiger partial charge < -0.3 is 15.4 Å². The van der Waals surface area contributed by atoms with Gasteiger partial charge in [0.15, 0.2) is 5.69 Å². The number of nitrogens with zero attached hydrogens (tertiary/aromatic N) is 2. The van der Waals surface area contributed by atoms with E-state index in [1.54, 1.807) is 0 Å². The van der Waals surface area contributed by atoms with Crippen molar-refractivity contribution in [1.29, 1.82) is 0 Å². The third kappa shape index (κ3) is 2.93. The molecule has 7 heteroatoms.